The molecule has 1 fully saturated rings. The van der Waals surface area contributed by atoms with Crippen LogP contribution in [0.2, 0.25) is 0 Å². The minimum absolute atomic E-state index is 0.0453. The molecule has 7 nitrogen and oxygen atoms in total. The van der Waals surface area contributed by atoms with E-state index in [2.05, 4.69) is 0 Å². The third-order valence-electron chi connectivity index (χ3n) is 4.28. The topological polar surface area (TPSA) is 68.3 Å². The van der Waals surface area contributed by atoms with Crippen LogP contribution < -0.4 is 9.47 Å². The van der Waals surface area contributed by atoms with E-state index < -0.39 is 0 Å². The van der Waals surface area contributed by atoms with E-state index in [0.717, 1.165) is 5.56 Å². The Bertz CT molecular complexity index is 640. The van der Waals surface area contributed by atoms with Gasteiger partial charge in [-0.15, -0.1) is 11.8 Å². The van der Waals surface area contributed by atoms with Crippen molar-refractivity contribution in [1.29, 1.82) is 0 Å². The number of nitrogens with zero attached hydrogens (tertiary/aromatic N) is 2. The van der Waals surface area contributed by atoms with Crippen molar-refractivity contribution in [3.05, 3.63) is 23.8 Å². The molecule has 1 saturated heterocycles. The van der Waals surface area contributed by atoms with Crippen molar-refractivity contribution in [1.82, 2.24) is 9.80 Å². The molecule has 0 spiro atoms. The van der Waals surface area contributed by atoms with Crippen LogP contribution in [0.1, 0.15) is 17.9 Å². The van der Waals surface area contributed by atoms with Gasteiger partial charge in [-0.25, -0.2) is 0 Å². The number of carbonyl (C=O) groups excluding carboxylic acids is 2. The highest BCUT2D eigenvalue weighted by Crippen LogP contribution is 2.43. The Morgan fingerprint density at radius 1 is 1.31 bits per heavy atom. The summed E-state index contributed by atoms with van der Waals surface area (Å²) in [4.78, 5) is 28.0. The molecule has 0 aromatic heterocycles. The van der Waals surface area contributed by atoms with Crippen molar-refractivity contribution in [3.8, 4) is 11.5 Å². The summed E-state index contributed by atoms with van der Waals surface area (Å²) in [5, 5.41) is -0.163. The van der Waals surface area contributed by atoms with Gasteiger partial charge in [-0.3, -0.25) is 9.59 Å². The van der Waals surface area contributed by atoms with Gasteiger partial charge < -0.3 is 24.0 Å². The predicted molar refractivity (Wildman–Crippen MR) is 101 cm³/mol. The van der Waals surface area contributed by atoms with Gasteiger partial charge in [0.25, 0.3) is 0 Å². The van der Waals surface area contributed by atoms with E-state index >= 15 is 0 Å². The quantitative estimate of drug-likeness (QED) is 0.648. The zero-order chi connectivity index (χ0) is 19.1. The predicted octanol–water partition coefficient (Wildman–Crippen LogP) is 1.77. The number of hydrogen-bond acceptors (Lipinski definition) is 6. The Balaban J connectivity index is 2.17. The van der Waals surface area contributed by atoms with E-state index in [9.17, 15) is 9.59 Å². The first-order chi connectivity index (χ1) is 12.5. The lowest BCUT2D eigenvalue weighted by atomic mass is 10.1. The highest BCUT2D eigenvalue weighted by Gasteiger charge is 2.35. The van der Waals surface area contributed by atoms with Crippen molar-refractivity contribution in [2.24, 2.45) is 0 Å². The van der Waals surface area contributed by atoms with E-state index in [0.29, 0.717) is 36.9 Å². The van der Waals surface area contributed by atoms with Crippen molar-refractivity contribution in [2.45, 2.75) is 12.3 Å². The third kappa shape index (κ3) is 4.62. The van der Waals surface area contributed by atoms with E-state index in [1.54, 1.807) is 35.8 Å². The van der Waals surface area contributed by atoms with Gasteiger partial charge in [-0.2, -0.15) is 0 Å². The summed E-state index contributed by atoms with van der Waals surface area (Å²) in [6.07, 6.45) is 0. The highest BCUT2D eigenvalue weighted by atomic mass is 32.2. The fraction of sp³-hybridized carbons (Fsp3) is 0.556. The number of likely N-dealkylation sites (N-methyl/N-ethyl adjacent to an activating group) is 1. The SMILES string of the molecule is CCN(CCN1C(=O)CSC1c1cc(OC)ccc1OC)C(=O)COC. The van der Waals surface area contributed by atoms with Crippen molar-refractivity contribution >= 4 is 23.6 Å². The van der Waals surface area contributed by atoms with E-state index in [1.807, 2.05) is 25.1 Å². The molecule has 1 unspecified atom stereocenters. The van der Waals surface area contributed by atoms with Gasteiger partial charge in [0.15, 0.2) is 0 Å². The summed E-state index contributed by atoms with van der Waals surface area (Å²) in [6.45, 7) is 3.46. The number of rotatable bonds is 9. The van der Waals surface area contributed by atoms with Crippen LogP contribution in [0.25, 0.3) is 0 Å². The van der Waals surface area contributed by atoms with Crippen molar-refractivity contribution < 1.29 is 23.8 Å². The molecule has 1 aromatic carbocycles. The number of amides is 2. The molecule has 0 saturated carbocycles. The minimum Gasteiger partial charge on any atom is -0.497 e. The Kier molecular flexibility index (Phi) is 7.59. The monoisotopic (exact) mass is 382 g/mol. The molecule has 0 aliphatic carbocycles. The number of benzene rings is 1. The standard InChI is InChI=1S/C18H26N2O5S/c1-5-19(16(21)11-23-2)8-9-20-17(22)12-26-18(20)14-10-13(24-3)6-7-15(14)25-4/h6-7,10,18H,5,8-9,11-12H2,1-4H3. The lowest BCUT2D eigenvalue weighted by Gasteiger charge is -2.29. The van der Waals surface area contributed by atoms with Crippen LogP contribution in [0.5, 0.6) is 11.5 Å². The molecular formula is C18H26N2O5S. The summed E-state index contributed by atoms with van der Waals surface area (Å²) in [7, 11) is 4.72. The van der Waals surface area contributed by atoms with Crippen LogP contribution in [0.15, 0.2) is 18.2 Å². The first-order valence-electron chi connectivity index (χ1n) is 8.45. The Morgan fingerprint density at radius 3 is 2.69 bits per heavy atom. The maximum atomic E-state index is 12.4. The second-order valence-electron chi connectivity index (χ2n) is 5.76. The second-order valence-corrected chi connectivity index (χ2v) is 6.83. The van der Waals surface area contributed by atoms with Gasteiger partial charge in [-0.1, -0.05) is 0 Å². The number of ether oxygens (including phenoxy) is 3. The number of methoxy groups -OCH3 is 3. The first-order valence-corrected chi connectivity index (χ1v) is 9.50. The maximum absolute atomic E-state index is 12.4. The number of hydrogen-bond donors (Lipinski definition) is 0. The molecule has 0 radical (unpaired) electrons. The van der Waals surface area contributed by atoms with Crippen molar-refractivity contribution in [3.63, 3.8) is 0 Å². The molecule has 2 amide bonds. The molecule has 1 aromatic rings. The van der Waals surface area contributed by atoms with Gasteiger partial charge in [0.2, 0.25) is 11.8 Å². The summed E-state index contributed by atoms with van der Waals surface area (Å²) in [6, 6.07) is 5.57. The van der Waals surface area contributed by atoms with Gasteiger partial charge in [-0.05, 0) is 25.1 Å². The van der Waals surface area contributed by atoms with Crippen LogP contribution in [-0.2, 0) is 14.3 Å². The van der Waals surface area contributed by atoms with Crippen LogP contribution in [-0.4, -0.2) is 74.9 Å². The lowest BCUT2D eigenvalue weighted by molar-refractivity contribution is -0.136. The smallest absolute Gasteiger partial charge is 0.248 e. The van der Waals surface area contributed by atoms with Gasteiger partial charge in [0, 0.05) is 32.3 Å². The Morgan fingerprint density at radius 2 is 2.08 bits per heavy atom. The molecule has 2 rings (SSSR count). The zero-order valence-corrected chi connectivity index (χ0v) is 16.5. The summed E-state index contributed by atoms with van der Waals surface area (Å²) in [5.74, 6) is 1.81. The summed E-state index contributed by atoms with van der Waals surface area (Å²) >= 11 is 1.55. The third-order valence-corrected chi connectivity index (χ3v) is 5.52. The van der Waals surface area contributed by atoms with Gasteiger partial charge >= 0.3 is 0 Å². The molecule has 1 aliphatic heterocycles. The first kappa shape index (κ1) is 20.4. The largest absolute Gasteiger partial charge is 0.497 e. The molecule has 1 atom stereocenters. The molecule has 144 valence electrons. The van der Waals surface area contributed by atoms with Gasteiger partial charge in [0.1, 0.15) is 23.5 Å². The summed E-state index contributed by atoms with van der Waals surface area (Å²) in [5.41, 5.74) is 0.897. The lowest BCUT2D eigenvalue weighted by Crippen LogP contribution is -2.41. The van der Waals surface area contributed by atoms with Crippen LogP contribution >= 0.6 is 11.8 Å². The fourth-order valence-corrected chi connectivity index (χ4v) is 4.12. The molecule has 0 bridgehead atoms. The average Bonchev–Trinajstić information content (AvgIpc) is 3.02. The van der Waals surface area contributed by atoms with Crippen LogP contribution in [0, 0.1) is 0 Å². The molecule has 1 heterocycles. The summed E-state index contributed by atoms with van der Waals surface area (Å²) < 4.78 is 15.7. The van der Waals surface area contributed by atoms with E-state index in [-0.39, 0.29) is 23.8 Å². The number of carbonyl (C=O) groups is 2. The average molecular weight is 382 g/mol. The Labute approximate surface area is 158 Å². The molecule has 8 heteroatoms. The Hall–Kier alpha value is -1.93. The molecule has 26 heavy (non-hydrogen) atoms. The highest BCUT2D eigenvalue weighted by molar-refractivity contribution is 8.00. The molecule has 1 aliphatic rings. The zero-order valence-electron chi connectivity index (χ0n) is 15.7. The molecular weight excluding hydrogens is 356 g/mol. The van der Waals surface area contributed by atoms with Gasteiger partial charge in [0.05, 0.1) is 20.0 Å². The van der Waals surface area contributed by atoms with Crippen molar-refractivity contribution in [2.75, 3.05) is 53.3 Å². The second kappa shape index (κ2) is 9.68. The normalized spacial score (nSPS) is 16.7. The fourth-order valence-electron chi connectivity index (χ4n) is 2.89. The minimum atomic E-state index is -0.163. The maximum Gasteiger partial charge on any atom is 0.248 e. The molecule has 0 N–H and O–H groups in total. The van der Waals surface area contributed by atoms with E-state index in [1.165, 1.54) is 7.11 Å². The van der Waals surface area contributed by atoms with Crippen LogP contribution in [0.3, 0.4) is 0 Å². The van der Waals surface area contributed by atoms with E-state index in [4.69, 9.17) is 14.2 Å². The van der Waals surface area contributed by atoms with Crippen LogP contribution in [0.4, 0.5) is 0 Å². The number of thioether (sulfide) groups is 1.